The van der Waals surface area contributed by atoms with Crippen LogP contribution in [0.15, 0.2) is 41.3 Å². The molecule has 1 aliphatic rings. The van der Waals surface area contributed by atoms with Gasteiger partial charge in [-0.15, -0.1) is 0 Å². The SMILES string of the molecule is COC(=O)c1cc(S(=O)(=O)N2CC(C)(C)Cc3cc(C(C)C)ccc32)ccc1O. The lowest BCUT2D eigenvalue weighted by atomic mass is 9.81. The maximum absolute atomic E-state index is 13.5. The number of hydrogen-bond donors (Lipinski definition) is 1. The Bertz CT molecular complexity index is 1060. The molecule has 1 N–H and O–H groups in total. The molecule has 3 rings (SSSR count). The van der Waals surface area contributed by atoms with Gasteiger partial charge in [0.15, 0.2) is 0 Å². The lowest BCUT2D eigenvalue weighted by Crippen LogP contribution is -2.44. The van der Waals surface area contributed by atoms with Crippen molar-refractivity contribution in [3.63, 3.8) is 0 Å². The van der Waals surface area contributed by atoms with Crippen molar-refractivity contribution in [2.75, 3.05) is 18.0 Å². The normalized spacial score (nSPS) is 15.9. The zero-order valence-electron chi connectivity index (χ0n) is 17.4. The molecule has 0 saturated heterocycles. The molecule has 1 aliphatic heterocycles. The van der Waals surface area contributed by atoms with Crippen molar-refractivity contribution in [2.24, 2.45) is 5.41 Å². The Morgan fingerprint density at radius 1 is 1.17 bits per heavy atom. The first-order valence-electron chi connectivity index (χ1n) is 9.53. The van der Waals surface area contributed by atoms with E-state index in [-0.39, 0.29) is 21.6 Å². The maximum atomic E-state index is 13.5. The topological polar surface area (TPSA) is 83.9 Å². The highest BCUT2D eigenvalue weighted by Crippen LogP contribution is 2.40. The quantitative estimate of drug-likeness (QED) is 0.758. The van der Waals surface area contributed by atoms with Crippen LogP contribution in [0.25, 0.3) is 0 Å². The van der Waals surface area contributed by atoms with Crippen LogP contribution in [0.2, 0.25) is 0 Å². The molecule has 0 atom stereocenters. The number of nitrogens with zero attached hydrogens (tertiary/aromatic N) is 1. The molecule has 1 heterocycles. The number of phenolic OH excluding ortho intramolecular Hbond substituents is 1. The number of ether oxygens (including phenoxy) is 1. The van der Waals surface area contributed by atoms with Gasteiger partial charge in [-0.25, -0.2) is 13.2 Å². The van der Waals surface area contributed by atoms with E-state index >= 15 is 0 Å². The lowest BCUT2D eigenvalue weighted by molar-refractivity contribution is 0.0597. The fraction of sp³-hybridized carbons (Fsp3) is 0.409. The third kappa shape index (κ3) is 3.96. The minimum atomic E-state index is -3.95. The van der Waals surface area contributed by atoms with Gasteiger partial charge in [-0.05, 0) is 53.1 Å². The number of esters is 1. The summed E-state index contributed by atoms with van der Waals surface area (Å²) < 4.78 is 33.1. The van der Waals surface area contributed by atoms with Crippen LogP contribution in [0.5, 0.6) is 5.75 Å². The van der Waals surface area contributed by atoms with Gasteiger partial charge in [0.05, 0.1) is 17.7 Å². The predicted octanol–water partition coefficient (Wildman–Crippen LogP) is 4.08. The molecule has 6 nitrogen and oxygen atoms in total. The molecule has 0 radical (unpaired) electrons. The summed E-state index contributed by atoms with van der Waals surface area (Å²) in [6, 6.07) is 9.58. The molecule has 0 fully saturated rings. The van der Waals surface area contributed by atoms with Gasteiger partial charge in [0.1, 0.15) is 11.3 Å². The van der Waals surface area contributed by atoms with Gasteiger partial charge < -0.3 is 9.84 Å². The standard InChI is InChI=1S/C22H27NO5S/c1-14(2)15-6-8-19-16(10-15)12-22(3,4)13-23(19)29(26,27)17-7-9-20(24)18(11-17)21(25)28-5/h6-11,14,24H,12-13H2,1-5H3. The molecule has 0 aromatic heterocycles. The Hall–Kier alpha value is -2.54. The second kappa shape index (κ2) is 7.37. The molecule has 2 aromatic carbocycles. The Kier molecular flexibility index (Phi) is 5.38. The molecule has 0 spiro atoms. The highest BCUT2D eigenvalue weighted by molar-refractivity contribution is 7.92. The first-order valence-corrected chi connectivity index (χ1v) is 11.0. The summed E-state index contributed by atoms with van der Waals surface area (Å²) in [5, 5.41) is 9.93. The van der Waals surface area contributed by atoms with E-state index in [4.69, 9.17) is 0 Å². The van der Waals surface area contributed by atoms with Gasteiger partial charge in [-0.3, -0.25) is 4.31 Å². The van der Waals surface area contributed by atoms with Crippen molar-refractivity contribution in [3.8, 4) is 5.75 Å². The molecule has 156 valence electrons. The highest BCUT2D eigenvalue weighted by Gasteiger charge is 2.37. The van der Waals surface area contributed by atoms with E-state index in [1.165, 1.54) is 29.6 Å². The smallest absolute Gasteiger partial charge is 0.341 e. The Morgan fingerprint density at radius 3 is 2.48 bits per heavy atom. The number of benzene rings is 2. The van der Waals surface area contributed by atoms with E-state index in [0.717, 1.165) is 17.5 Å². The maximum Gasteiger partial charge on any atom is 0.341 e. The zero-order chi connectivity index (χ0) is 21.6. The summed E-state index contributed by atoms with van der Waals surface area (Å²) in [6.07, 6.45) is 0.776. The van der Waals surface area contributed by atoms with Gasteiger partial charge in [0, 0.05) is 6.54 Å². The first-order chi connectivity index (χ1) is 13.5. The van der Waals surface area contributed by atoms with E-state index < -0.39 is 16.0 Å². The van der Waals surface area contributed by atoms with Crippen molar-refractivity contribution in [1.82, 2.24) is 0 Å². The Morgan fingerprint density at radius 2 is 1.86 bits per heavy atom. The second-order valence-corrected chi connectivity index (χ2v) is 10.4. The van der Waals surface area contributed by atoms with Crippen LogP contribution in [0.1, 0.15) is 55.1 Å². The third-order valence-corrected chi connectivity index (χ3v) is 7.00. The molecule has 0 bridgehead atoms. The van der Waals surface area contributed by atoms with E-state index in [1.807, 2.05) is 26.0 Å². The van der Waals surface area contributed by atoms with Gasteiger partial charge in [0.2, 0.25) is 0 Å². The summed E-state index contributed by atoms with van der Waals surface area (Å²) >= 11 is 0. The number of sulfonamides is 1. The fourth-order valence-corrected chi connectivity index (χ4v) is 5.40. The monoisotopic (exact) mass is 417 g/mol. The van der Waals surface area contributed by atoms with Crippen molar-refractivity contribution < 1.29 is 23.1 Å². The lowest BCUT2D eigenvalue weighted by Gasteiger charge is -2.40. The second-order valence-electron chi connectivity index (χ2n) is 8.57. The van der Waals surface area contributed by atoms with Crippen LogP contribution in [0, 0.1) is 5.41 Å². The number of fused-ring (bicyclic) bond motifs is 1. The minimum absolute atomic E-state index is 0.0627. The van der Waals surface area contributed by atoms with E-state index in [9.17, 15) is 18.3 Å². The number of hydrogen-bond acceptors (Lipinski definition) is 5. The number of aromatic hydroxyl groups is 1. The minimum Gasteiger partial charge on any atom is -0.507 e. The third-order valence-electron chi connectivity index (χ3n) is 5.24. The molecule has 0 saturated carbocycles. The van der Waals surface area contributed by atoms with E-state index in [1.54, 1.807) is 0 Å². The Balaban J connectivity index is 2.14. The van der Waals surface area contributed by atoms with Gasteiger partial charge in [-0.2, -0.15) is 0 Å². The average Bonchev–Trinajstić information content (AvgIpc) is 2.65. The number of carbonyl (C=O) groups is 1. The van der Waals surface area contributed by atoms with Crippen LogP contribution in [-0.4, -0.2) is 33.1 Å². The molecule has 29 heavy (non-hydrogen) atoms. The predicted molar refractivity (Wildman–Crippen MR) is 112 cm³/mol. The van der Waals surface area contributed by atoms with Crippen molar-refractivity contribution in [3.05, 3.63) is 53.1 Å². The van der Waals surface area contributed by atoms with Gasteiger partial charge >= 0.3 is 5.97 Å². The number of anilines is 1. The van der Waals surface area contributed by atoms with E-state index in [2.05, 4.69) is 24.7 Å². The largest absolute Gasteiger partial charge is 0.507 e. The van der Waals surface area contributed by atoms with Crippen LogP contribution < -0.4 is 4.31 Å². The summed E-state index contributed by atoms with van der Waals surface area (Å²) in [6.45, 7) is 8.61. The number of phenols is 1. The zero-order valence-corrected chi connectivity index (χ0v) is 18.2. The van der Waals surface area contributed by atoms with Gasteiger partial charge in [-0.1, -0.05) is 39.8 Å². The van der Waals surface area contributed by atoms with Crippen molar-refractivity contribution >= 4 is 21.7 Å². The van der Waals surface area contributed by atoms with E-state index in [0.29, 0.717) is 18.2 Å². The first kappa shape index (κ1) is 21.2. The Labute approximate surface area is 172 Å². The molecule has 2 aromatic rings. The fourth-order valence-electron chi connectivity index (χ4n) is 3.69. The van der Waals surface area contributed by atoms with Crippen LogP contribution in [-0.2, 0) is 21.2 Å². The highest BCUT2D eigenvalue weighted by atomic mass is 32.2. The van der Waals surface area contributed by atoms with Crippen LogP contribution in [0.3, 0.4) is 0 Å². The van der Waals surface area contributed by atoms with Crippen LogP contribution >= 0.6 is 0 Å². The summed E-state index contributed by atoms with van der Waals surface area (Å²) in [5.41, 5.74) is 2.37. The molecular weight excluding hydrogens is 390 g/mol. The van der Waals surface area contributed by atoms with Crippen LogP contribution in [0.4, 0.5) is 5.69 Å². The molecule has 7 heteroatoms. The summed E-state index contributed by atoms with van der Waals surface area (Å²) in [4.78, 5) is 11.8. The number of carbonyl (C=O) groups excluding carboxylic acids is 1. The average molecular weight is 418 g/mol. The summed E-state index contributed by atoms with van der Waals surface area (Å²) in [5.74, 6) is -0.771. The van der Waals surface area contributed by atoms with Gasteiger partial charge in [0.25, 0.3) is 10.0 Å². The van der Waals surface area contributed by atoms with Crippen molar-refractivity contribution in [1.29, 1.82) is 0 Å². The number of rotatable bonds is 4. The molecular formula is C22H27NO5S. The molecule has 0 amide bonds. The number of methoxy groups -OCH3 is 1. The summed E-state index contributed by atoms with van der Waals surface area (Å²) in [7, 11) is -2.77. The van der Waals surface area contributed by atoms with Crippen molar-refractivity contribution in [2.45, 2.75) is 44.9 Å². The molecule has 0 aliphatic carbocycles. The molecule has 0 unspecified atom stereocenters.